The van der Waals surface area contributed by atoms with Gasteiger partial charge in [-0.05, 0) is 64.0 Å². The summed E-state index contributed by atoms with van der Waals surface area (Å²) >= 11 is 5.63. The van der Waals surface area contributed by atoms with E-state index in [1.165, 1.54) is 4.68 Å². The Morgan fingerprint density at radius 1 is 1.15 bits per heavy atom. The number of methoxy groups -OCH3 is 1. The van der Waals surface area contributed by atoms with E-state index in [0.717, 1.165) is 19.2 Å². The minimum atomic E-state index is -0.209. The van der Waals surface area contributed by atoms with Crippen LogP contribution < -0.4 is 15.0 Å². The number of hydrogen-bond acceptors (Lipinski definition) is 5. The molecule has 1 aromatic heterocycles. The van der Waals surface area contributed by atoms with Crippen LogP contribution >= 0.6 is 38.5 Å². The number of ether oxygens (including phenoxy) is 2. The fourth-order valence-electron chi connectivity index (χ4n) is 3.35. The van der Waals surface area contributed by atoms with Crippen molar-refractivity contribution in [2.45, 2.75) is 20.0 Å². The largest absolute Gasteiger partial charge is 0.493 e. The average molecular weight is 618 g/mol. The Kier molecular flexibility index (Phi) is 7.44. The predicted octanol–water partition coefficient (Wildman–Crippen LogP) is 5.80. The van der Waals surface area contributed by atoms with Gasteiger partial charge in [0.1, 0.15) is 12.4 Å². The van der Waals surface area contributed by atoms with Crippen molar-refractivity contribution in [3.8, 4) is 11.5 Å². The third kappa shape index (κ3) is 5.27. The molecule has 0 atom stereocenters. The molecule has 0 amide bonds. The van der Waals surface area contributed by atoms with Gasteiger partial charge in [0.05, 0.1) is 27.8 Å². The lowest BCUT2D eigenvalue weighted by Gasteiger charge is -2.14. The summed E-state index contributed by atoms with van der Waals surface area (Å²) in [6, 6.07) is 19.2. The van der Waals surface area contributed by atoms with Crippen LogP contribution in [-0.4, -0.2) is 23.0 Å². The van der Waals surface area contributed by atoms with Crippen molar-refractivity contribution in [2.75, 3.05) is 7.11 Å². The zero-order valence-corrected chi connectivity index (χ0v) is 21.8. The Morgan fingerprint density at radius 2 is 1.94 bits per heavy atom. The SMILES string of the molecule is CCc1nc2ccc(Br)cc2c(=O)n1N=Cc1cc(I)c(OCc2ccccc2)c(OC)c1. The van der Waals surface area contributed by atoms with Crippen molar-refractivity contribution >= 4 is 55.6 Å². The summed E-state index contributed by atoms with van der Waals surface area (Å²) in [7, 11) is 1.60. The fourth-order valence-corrected chi connectivity index (χ4v) is 4.49. The van der Waals surface area contributed by atoms with Gasteiger partial charge < -0.3 is 9.47 Å². The zero-order chi connectivity index (χ0) is 23.4. The van der Waals surface area contributed by atoms with E-state index in [2.05, 4.69) is 48.6 Å². The van der Waals surface area contributed by atoms with E-state index < -0.39 is 0 Å². The van der Waals surface area contributed by atoms with E-state index in [1.54, 1.807) is 19.4 Å². The molecule has 3 aromatic carbocycles. The van der Waals surface area contributed by atoms with Crippen LogP contribution in [0.15, 0.2) is 75.0 Å². The molecule has 0 aliphatic heterocycles. The summed E-state index contributed by atoms with van der Waals surface area (Å²) in [4.78, 5) is 17.7. The lowest BCUT2D eigenvalue weighted by atomic mass is 10.2. The molecule has 6 nitrogen and oxygen atoms in total. The molecule has 4 aromatic rings. The quantitative estimate of drug-likeness (QED) is 0.194. The van der Waals surface area contributed by atoms with Crippen LogP contribution in [0.4, 0.5) is 0 Å². The highest BCUT2D eigenvalue weighted by molar-refractivity contribution is 14.1. The molecule has 0 radical (unpaired) electrons. The van der Waals surface area contributed by atoms with E-state index in [0.29, 0.717) is 41.3 Å². The molecular formula is C25H21BrIN3O3. The molecule has 0 N–H and O–H groups in total. The highest BCUT2D eigenvalue weighted by Gasteiger charge is 2.13. The van der Waals surface area contributed by atoms with E-state index in [9.17, 15) is 4.79 Å². The summed E-state index contributed by atoms with van der Waals surface area (Å²) in [6.07, 6.45) is 2.21. The molecule has 0 bridgehead atoms. The standard InChI is InChI=1S/C25H21BrIN3O3/c1-3-23-29-21-10-9-18(26)13-19(21)25(31)30(23)28-14-17-11-20(27)24(22(12-17)32-2)33-15-16-7-5-4-6-8-16/h4-14H,3,15H2,1-2H3. The van der Waals surface area contributed by atoms with Gasteiger partial charge in [0.2, 0.25) is 0 Å². The van der Waals surface area contributed by atoms with Gasteiger partial charge in [-0.15, -0.1) is 0 Å². The summed E-state index contributed by atoms with van der Waals surface area (Å²) < 4.78 is 14.7. The lowest BCUT2D eigenvalue weighted by Crippen LogP contribution is -2.22. The van der Waals surface area contributed by atoms with Crippen LogP contribution in [-0.2, 0) is 13.0 Å². The van der Waals surface area contributed by atoms with Crippen LogP contribution in [0.3, 0.4) is 0 Å². The van der Waals surface area contributed by atoms with Crippen LogP contribution in [0.5, 0.6) is 11.5 Å². The van der Waals surface area contributed by atoms with Gasteiger partial charge in [-0.25, -0.2) is 4.98 Å². The second-order valence-electron chi connectivity index (χ2n) is 7.21. The molecular weight excluding hydrogens is 597 g/mol. The Bertz CT molecular complexity index is 1390. The Hall–Kier alpha value is -2.72. The van der Waals surface area contributed by atoms with Crippen LogP contribution in [0.2, 0.25) is 0 Å². The maximum atomic E-state index is 13.1. The molecule has 33 heavy (non-hydrogen) atoms. The van der Waals surface area contributed by atoms with Crippen LogP contribution in [0, 0.1) is 3.57 Å². The number of aromatic nitrogens is 2. The summed E-state index contributed by atoms with van der Waals surface area (Å²) in [5, 5.41) is 4.98. The smallest absolute Gasteiger partial charge is 0.282 e. The van der Waals surface area contributed by atoms with Crippen molar-refractivity contribution in [1.29, 1.82) is 0 Å². The molecule has 168 valence electrons. The van der Waals surface area contributed by atoms with Crippen molar-refractivity contribution < 1.29 is 9.47 Å². The first-order valence-electron chi connectivity index (χ1n) is 10.3. The first-order chi connectivity index (χ1) is 16.0. The van der Waals surface area contributed by atoms with Gasteiger partial charge in [-0.2, -0.15) is 9.78 Å². The van der Waals surface area contributed by atoms with Crippen LogP contribution in [0.1, 0.15) is 23.9 Å². The summed E-state index contributed by atoms with van der Waals surface area (Å²) in [6.45, 7) is 2.39. The second kappa shape index (κ2) is 10.5. The molecule has 0 spiro atoms. The summed E-state index contributed by atoms with van der Waals surface area (Å²) in [5.74, 6) is 1.86. The normalized spacial score (nSPS) is 11.3. The Labute approximate surface area is 213 Å². The number of benzene rings is 3. The molecule has 0 unspecified atom stereocenters. The molecule has 0 saturated carbocycles. The van der Waals surface area contributed by atoms with Gasteiger partial charge in [0.15, 0.2) is 11.5 Å². The molecule has 0 aliphatic carbocycles. The minimum absolute atomic E-state index is 0.209. The van der Waals surface area contributed by atoms with Crippen LogP contribution in [0.25, 0.3) is 10.9 Å². The van der Waals surface area contributed by atoms with Crippen molar-refractivity contribution in [3.63, 3.8) is 0 Å². The molecule has 1 heterocycles. The summed E-state index contributed by atoms with van der Waals surface area (Å²) in [5.41, 5.74) is 2.30. The van der Waals surface area contributed by atoms with E-state index in [1.807, 2.05) is 61.5 Å². The first-order valence-corrected chi connectivity index (χ1v) is 12.2. The van der Waals surface area contributed by atoms with Gasteiger partial charge in [-0.3, -0.25) is 4.79 Å². The van der Waals surface area contributed by atoms with Gasteiger partial charge >= 0.3 is 0 Å². The Morgan fingerprint density at radius 3 is 2.67 bits per heavy atom. The maximum absolute atomic E-state index is 13.1. The topological polar surface area (TPSA) is 65.7 Å². The maximum Gasteiger partial charge on any atom is 0.282 e. The van der Waals surface area contributed by atoms with Crippen molar-refractivity contribution in [2.24, 2.45) is 5.10 Å². The molecule has 8 heteroatoms. The highest BCUT2D eigenvalue weighted by Crippen LogP contribution is 2.34. The number of aryl methyl sites for hydroxylation is 1. The lowest BCUT2D eigenvalue weighted by molar-refractivity contribution is 0.282. The zero-order valence-electron chi connectivity index (χ0n) is 18.1. The van der Waals surface area contributed by atoms with Gasteiger partial charge in [0.25, 0.3) is 5.56 Å². The van der Waals surface area contributed by atoms with Gasteiger partial charge in [-0.1, -0.05) is 53.2 Å². The minimum Gasteiger partial charge on any atom is -0.493 e. The van der Waals surface area contributed by atoms with Crippen molar-refractivity contribution in [3.05, 3.63) is 96.0 Å². The van der Waals surface area contributed by atoms with E-state index in [-0.39, 0.29) is 5.56 Å². The van der Waals surface area contributed by atoms with E-state index in [4.69, 9.17) is 9.47 Å². The monoisotopic (exact) mass is 617 g/mol. The molecule has 0 aliphatic rings. The molecule has 0 saturated heterocycles. The molecule has 0 fully saturated rings. The fraction of sp³-hybridized carbons (Fsp3) is 0.160. The number of nitrogens with zero attached hydrogens (tertiary/aromatic N) is 3. The van der Waals surface area contributed by atoms with E-state index >= 15 is 0 Å². The third-order valence-corrected chi connectivity index (χ3v) is 6.29. The molecule has 4 rings (SSSR count). The third-order valence-electron chi connectivity index (χ3n) is 4.99. The number of rotatable bonds is 7. The number of hydrogen-bond donors (Lipinski definition) is 0. The number of halogens is 2. The highest BCUT2D eigenvalue weighted by atomic mass is 127. The average Bonchev–Trinajstić information content (AvgIpc) is 2.83. The van der Waals surface area contributed by atoms with Gasteiger partial charge in [0, 0.05) is 10.9 Å². The Balaban J connectivity index is 1.67. The first kappa shape index (κ1) is 23.4. The number of fused-ring (bicyclic) bond motifs is 1. The van der Waals surface area contributed by atoms with Crippen molar-refractivity contribution in [1.82, 2.24) is 9.66 Å². The predicted molar refractivity (Wildman–Crippen MR) is 143 cm³/mol. The second-order valence-corrected chi connectivity index (χ2v) is 9.29.